The molecule has 2 rings (SSSR count). The molecular weight excluding hydrogens is 332 g/mol. The molecular formula is C20H28N2O4. The molecule has 0 spiro atoms. The molecule has 6 heteroatoms. The Morgan fingerprint density at radius 1 is 1.23 bits per heavy atom. The Bertz CT molecular complexity index is 655. The highest BCUT2D eigenvalue weighted by Crippen LogP contribution is 2.29. The Labute approximate surface area is 154 Å². The van der Waals surface area contributed by atoms with Gasteiger partial charge in [-0.2, -0.15) is 0 Å². The smallest absolute Gasteiger partial charge is 0.311 e. The molecule has 1 aromatic carbocycles. The van der Waals surface area contributed by atoms with Crippen LogP contribution in [0.2, 0.25) is 0 Å². The molecule has 1 fully saturated rings. The lowest BCUT2D eigenvalue weighted by atomic mass is 10.1. The lowest BCUT2D eigenvalue weighted by Gasteiger charge is -2.19. The Morgan fingerprint density at radius 3 is 2.58 bits per heavy atom. The number of nitrogens with one attached hydrogen (secondary N) is 1. The minimum Gasteiger partial charge on any atom is -0.455 e. The van der Waals surface area contributed by atoms with Crippen LogP contribution >= 0.6 is 0 Å². The number of aryl methyl sites for hydroxylation is 1. The number of rotatable bonds is 8. The molecule has 6 nitrogen and oxygen atoms in total. The second kappa shape index (κ2) is 9.36. The summed E-state index contributed by atoms with van der Waals surface area (Å²) in [5.41, 5.74) is 1.92. The van der Waals surface area contributed by atoms with E-state index in [1.54, 1.807) is 4.90 Å². The van der Waals surface area contributed by atoms with Gasteiger partial charge in [-0.25, -0.2) is 0 Å². The topological polar surface area (TPSA) is 75.7 Å². The summed E-state index contributed by atoms with van der Waals surface area (Å²) in [6.45, 7) is 6.01. The average molecular weight is 360 g/mol. The summed E-state index contributed by atoms with van der Waals surface area (Å²) >= 11 is 0. The average Bonchev–Trinajstić information content (AvgIpc) is 3.05. The van der Waals surface area contributed by atoms with Crippen molar-refractivity contribution in [2.24, 2.45) is 5.92 Å². The summed E-state index contributed by atoms with van der Waals surface area (Å²) in [4.78, 5) is 38.1. The van der Waals surface area contributed by atoms with E-state index in [0.717, 1.165) is 30.5 Å². The van der Waals surface area contributed by atoms with Gasteiger partial charge in [0.05, 0.1) is 5.92 Å². The van der Waals surface area contributed by atoms with Crippen LogP contribution in [0.4, 0.5) is 5.69 Å². The molecule has 26 heavy (non-hydrogen) atoms. The van der Waals surface area contributed by atoms with E-state index in [1.165, 1.54) is 0 Å². The zero-order chi connectivity index (χ0) is 19.1. The van der Waals surface area contributed by atoms with E-state index in [4.69, 9.17) is 4.74 Å². The molecule has 1 N–H and O–H groups in total. The number of ether oxygens (including phenoxy) is 1. The van der Waals surface area contributed by atoms with E-state index in [-0.39, 0.29) is 30.9 Å². The highest BCUT2D eigenvalue weighted by Gasteiger charge is 2.37. The molecule has 1 atom stereocenters. The third kappa shape index (κ3) is 4.84. The maximum absolute atomic E-state index is 12.4. The lowest BCUT2D eigenvalue weighted by Crippen LogP contribution is -2.37. The summed E-state index contributed by atoms with van der Waals surface area (Å²) in [6.07, 6.45) is 2.59. The molecule has 1 saturated heterocycles. The van der Waals surface area contributed by atoms with Crippen molar-refractivity contribution in [1.82, 2.24) is 5.32 Å². The van der Waals surface area contributed by atoms with E-state index >= 15 is 0 Å². The first kappa shape index (κ1) is 19.9. The fourth-order valence-electron chi connectivity index (χ4n) is 3.19. The van der Waals surface area contributed by atoms with Crippen molar-refractivity contribution in [2.75, 3.05) is 18.1 Å². The molecule has 0 aromatic heterocycles. The lowest BCUT2D eigenvalue weighted by molar-refractivity contribution is -0.152. The van der Waals surface area contributed by atoms with Gasteiger partial charge in [0, 0.05) is 24.7 Å². The first-order valence-electron chi connectivity index (χ1n) is 9.34. The minimum absolute atomic E-state index is 0.0886. The summed E-state index contributed by atoms with van der Waals surface area (Å²) < 4.78 is 5.14. The van der Waals surface area contributed by atoms with Gasteiger partial charge in [0.25, 0.3) is 5.91 Å². The van der Waals surface area contributed by atoms with Crippen LogP contribution in [0, 0.1) is 5.92 Å². The number of hydrogen-bond donors (Lipinski definition) is 1. The molecule has 1 heterocycles. The number of esters is 1. The van der Waals surface area contributed by atoms with Gasteiger partial charge in [-0.05, 0) is 30.9 Å². The third-order valence-corrected chi connectivity index (χ3v) is 4.82. The SMILES string of the molecule is CCc1ccccc1N1C[C@H](C(=O)OCC(=O)NC(CC)CC)CC1=O. The maximum atomic E-state index is 12.4. The van der Waals surface area contributed by atoms with E-state index in [1.807, 2.05) is 45.0 Å². The summed E-state index contributed by atoms with van der Waals surface area (Å²) in [5.74, 6) is -1.42. The largest absolute Gasteiger partial charge is 0.455 e. The molecule has 0 saturated carbocycles. The molecule has 0 unspecified atom stereocenters. The van der Waals surface area contributed by atoms with Crippen LogP contribution in [0.3, 0.4) is 0 Å². The fraction of sp³-hybridized carbons (Fsp3) is 0.550. The Kier molecular flexibility index (Phi) is 7.18. The van der Waals surface area contributed by atoms with Gasteiger partial charge in [0.2, 0.25) is 5.91 Å². The van der Waals surface area contributed by atoms with E-state index in [9.17, 15) is 14.4 Å². The van der Waals surface area contributed by atoms with Gasteiger partial charge in [0.15, 0.2) is 6.61 Å². The molecule has 142 valence electrons. The molecule has 0 bridgehead atoms. The number of carbonyl (C=O) groups is 3. The van der Waals surface area contributed by atoms with Crippen molar-refractivity contribution >= 4 is 23.5 Å². The van der Waals surface area contributed by atoms with Gasteiger partial charge < -0.3 is 15.0 Å². The third-order valence-electron chi connectivity index (χ3n) is 4.82. The monoisotopic (exact) mass is 360 g/mol. The zero-order valence-electron chi connectivity index (χ0n) is 15.8. The summed E-state index contributed by atoms with van der Waals surface area (Å²) in [6, 6.07) is 7.79. The van der Waals surface area contributed by atoms with Crippen LogP contribution in [-0.2, 0) is 25.5 Å². The Hall–Kier alpha value is -2.37. The molecule has 2 amide bonds. The number of nitrogens with zero attached hydrogens (tertiary/aromatic N) is 1. The second-order valence-electron chi connectivity index (χ2n) is 6.58. The number of benzene rings is 1. The predicted octanol–water partition coefficient (Wildman–Crippen LogP) is 2.45. The van der Waals surface area contributed by atoms with Gasteiger partial charge in [-0.1, -0.05) is 39.0 Å². The predicted molar refractivity (Wildman–Crippen MR) is 99.8 cm³/mol. The van der Waals surface area contributed by atoms with Crippen molar-refractivity contribution in [2.45, 2.75) is 52.5 Å². The molecule has 0 aliphatic carbocycles. The zero-order valence-corrected chi connectivity index (χ0v) is 15.8. The molecule has 1 aliphatic heterocycles. The number of anilines is 1. The van der Waals surface area contributed by atoms with Crippen LogP contribution in [0.25, 0.3) is 0 Å². The number of amides is 2. The molecule has 0 radical (unpaired) electrons. The van der Waals surface area contributed by atoms with Crippen molar-refractivity contribution < 1.29 is 19.1 Å². The van der Waals surface area contributed by atoms with E-state index in [2.05, 4.69) is 5.32 Å². The second-order valence-corrected chi connectivity index (χ2v) is 6.58. The number of carbonyl (C=O) groups excluding carboxylic acids is 3. The number of para-hydroxylation sites is 1. The fourth-order valence-corrected chi connectivity index (χ4v) is 3.19. The van der Waals surface area contributed by atoms with E-state index in [0.29, 0.717) is 6.54 Å². The highest BCUT2D eigenvalue weighted by molar-refractivity contribution is 6.00. The van der Waals surface area contributed by atoms with Crippen molar-refractivity contribution in [1.29, 1.82) is 0 Å². The first-order valence-corrected chi connectivity index (χ1v) is 9.34. The minimum atomic E-state index is -0.534. The van der Waals surface area contributed by atoms with E-state index < -0.39 is 11.9 Å². The van der Waals surface area contributed by atoms with Crippen molar-refractivity contribution in [3.05, 3.63) is 29.8 Å². The van der Waals surface area contributed by atoms with Crippen LogP contribution in [0.1, 0.15) is 45.6 Å². The molecule has 1 aliphatic rings. The first-order chi connectivity index (χ1) is 12.5. The van der Waals surface area contributed by atoms with Gasteiger partial charge in [0.1, 0.15) is 0 Å². The summed E-state index contributed by atoms with van der Waals surface area (Å²) in [7, 11) is 0. The highest BCUT2D eigenvalue weighted by atomic mass is 16.5. The Morgan fingerprint density at radius 2 is 1.92 bits per heavy atom. The Balaban J connectivity index is 1.91. The summed E-state index contributed by atoms with van der Waals surface area (Å²) in [5, 5.41) is 2.83. The normalized spacial score (nSPS) is 16.8. The van der Waals surface area contributed by atoms with Crippen LogP contribution in [0.5, 0.6) is 0 Å². The van der Waals surface area contributed by atoms with Crippen molar-refractivity contribution in [3.63, 3.8) is 0 Å². The van der Waals surface area contributed by atoms with Gasteiger partial charge >= 0.3 is 5.97 Å². The van der Waals surface area contributed by atoms with Gasteiger partial charge in [-0.3, -0.25) is 14.4 Å². The maximum Gasteiger partial charge on any atom is 0.311 e. The standard InChI is InChI=1S/C20H28N2O4/c1-4-14-9-7-8-10-17(14)22-12-15(11-19(22)24)20(25)26-13-18(23)21-16(5-2)6-3/h7-10,15-16H,4-6,11-13H2,1-3H3,(H,21,23)/t15-/m1/s1. The molecule has 1 aromatic rings. The van der Waals surface area contributed by atoms with Crippen LogP contribution in [-0.4, -0.2) is 37.0 Å². The quantitative estimate of drug-likeness (QED) is 0.723. The van der Waals surface area contributed by atoms with Crippen molar-refractivity contribution in [3.8, 4) is 0 Å². The van der Waals surface area contributed by atoms with Crippen LogP contribution in [0.15, 0.2) is 24.3 Å². The van der Waals surface area contributed by atoms with Gasteiger partial charge in [-0.15, -0.1) is 0 Å². The number of hydrogen-bond acceptors (Lipinski definition) is 4. The van der Waals surface area contributed by atoms with Crippen LogP contribution < -0.4 is 10.2 Å².